The number of hydrogen-bond donors (Lipinski definition) is 1. The Kier molecular flexibility index (Phi) is 4.61. The van der Waals surface area contributed by atoms with Crippen LogP contribution in [0.2, 0.25) is 0 Å². The van der Waals surface area contributed by atoms with E-state index in [2.05, 4.69) is 22.0 Å². The lowest BCUT2D eigenvalue weighted by Crippen LogP contribution is -2.46. The molecule has 0 aliphatic carbocycles. The molecule has 1 N–H and O–H groups in total. The van der Waals surface area contributed by atoms with Crippen LogP contribution in [0.15, 0.2) is 47.5 Å². The van der Waals surface area contributed by atoms with E-state index in [1.54, 1.807) is 17.9 Å². The van der Waals surface area contributed by atoms with Crippen molar-refractivity contribution in [3.63, 3.8) is 0 Å². The van der Waals surface area contributed by atoms with E-state index in [9.17, 15) is 14.7 Å². The van der Waals surface area contributed by atoms with Crippen molar-refractivity contribution in [2.24, 2.45) is 0 Å². The van der Waals surface area contributed by atoms with E-state index in [0.717, 1.165) is 11.8 Å². The first-order chi connectivity index (χ1) is 14.5. The molecule has 3 aromatic rings. The number of carbonyl (C=O) groups is 1. The van der Waals surface area contributed by atoms with Crippen LogP contribution in [-0.2, 0) is 0 Å². The molecule has 8 heteroatoms. The zero-order chi connectivity index (χ0) is 21.4. The first-order valence-corrected chi connectivity index (χ1v) is 9.09. The highest BCUT2D eigenvalue weighted by molar-refractivity contribution is 5.95. The number of carbonyl (C=O) groups excluding carboxylic acids is 1. The minimum atomic E-state index is -0.719. The molecular weight excluding hydrogens is 382 g/mol. The monoisotopic (exact) mass is 399 g/mol. The molecule has 1 aliphatic rings. The predicted molar refractivity (Wildman–Crippen MR) is 109 cm³/mol. The van der Waals surface area contributed by atoms with E-state index in [-0.39, 0.29) is 12.2 Å². The minimum Gasteiger partial charge on any atom is -0.502 e. The topological polar surface area (TPSA) is 93.3 Å². The molecule has 0 unspecified atom stereocenters. The maximum absolute atomic E-state index is 12.7. The molecule has 2 atom stereocenters. The molecule has 0 spiro atoms. The summed E-state index contributed by atoms with van der Waals surface area (Å²) in [7, 11) is 1.60. The maximum Gasteiger partial charge on any atom is 0.275 e. The second kappa shape index (κ2) is 7.26. The Morgan fingerprint density at radius 1 is 1.20 bits per heavy atom. The van der Waals surface area contributed by atoms with Crippen molar-refractivity contribution in [2.45, 2.75) is 12.1 Å². The predicted octanol–water partition coefficient (Wildman–Crippen LogP) is 1.02. The van der Waals surface area contributed by atoms with Crippen LogP contribution in [0.4, 0.5) is 0 Å². The van der Waals surface area contributed by atoms with Gasteiger partial charge in [0.2, 0.25) is 5.43 Å². The molecule has 1 aromatic carbocycles. The second-order valence-corrected chi connectivity index (χ2v) is 6.92. The molecule has 1 aliphatic heterocycles. The Hall–Kier alpha value is -4.30. The van der Waals surface area contributed by atoms with Crippen molar-refractivity contribution in [3.05, 3.63) is 75.5 Å². The Bertz CT molecular complexity index is 1250. The van der Waals surface area contributed by atoms with Crippen molar-refractivity contribution in [1.29, 1.82) is 0 Å². The van der Waals surface area contributed by atoms with Crippen LogP contribution < -0.4 is 5.43 Å². The zero-order valence-corrected chi connectivity index (χ0v) is 16.1. The van der Waals surface area contributed by atoms with Gasteiger partial charge in [0.1, 0.15) is 6.04 Å². The van der Waals surface area contributed by atoms with Gasteiger partial charge in [0.25, 0.3) is 5.91 Å². The smallest absolute Gasteiger partial charge is 0.275 e. The zero-order valence-electron chi connectivity index (χ0n) is 16.1. The fourth-order valence-electron chi connectivity index (χ4n) is 3.71. The van der Waals surface area contributed by atoms with Gasteiger partial charge in [0.15, 0.2) is 17.1 Å². The Labute approximate surface area is 172 Å². The molecule has 148 valence electrons. The molecule has 1 amide bonds. The normalized spacial score (nSPS) is 16.4. The number of terminal acetylenes is 2. The van der Waals surface area contributed by atoms with Gasteiger partial charge in [-0.25, -0.2) is 4.68 Å². The van der Waals surface area contributed by atoms with Gasteiger partial charge in [0.05, 0.1) is 17.8 Å². The average molecular weight is 399 g/mol. The van der Waals surface area contributed by atoms with Crippen LogP contribution in [-0.4, -0.2) is 49.1 Å². The summed E-state index contributed by atoms with van der Waals surface area (Å²) in [6, 6.07) is 8.51. The van der Waals surface area contributed by atoms with E-state index < -0.39 is 29.2 Å². The van der Waals surface area contributed by atoms with Gasteiger partial charge in [-0.1, -0.05) is 36.3 Å². The summed E-state index contributed by atoms with van der Waals surface area (Å²) in [6.45, 7) is 0.261. The fraction of sp³-hybridized carbons (Fsp3) is 0.182. The lowest BCUT2D eigenvalue weighted by atomic mass is 9.97. The van der Waals surface area contributed by atoms with Gasteiger partial charge in [-0.15, -0.1) is 12.8 Å². The lowest BCUT2D eigenvalue weighted by Gasteiger charge is -2.37. The van der Waals surface area contributed by atoms with E-state index >= 15 is 0 Å². The summed E-state index contributed by atoms with van der Waals surface area (Å²) < 4.78 is 3.03. The largest absolute Gasteiger partial charge is 0.502 e. The molecular formula is C22H17N5O3. The molecule has 3 heterocycles. The summed E-state index contributed by atoms with van der Waals surface area (Å²) in [4.78, 5) is 26.0. The quantitative estimate of drug-likeness (QED) is 0.664. The highest BCUT2D eigenvalue weighted by atomic mass is 16.3. The number of rotatable bonds is 3. The number of aromatic hydroxyl groups is 1. The first kappa shape index (κ1) is 19.0. The van der Waals surface area contributed by atoms with E-state index in [0.29, 0.717) is 11.3 Å². The lowest BCUT2D eigenvalue weighted by molar-refractivity contribution is 0.0667. The second-order valence-electron chi connectivity index (χ2n) is 6.92. The van der Waals surface area contributed by atoms with Gasteiger partial charge in [0, 0.05) is 19.8 Å². The number of hydrogen-bond acceptors (Lipinski definition) is 5. The average Bonchev–Trinajstić information content (AvgIpc) is 3.17. The number of likely N-dealkylation sites (N-methyl/N-ethyl adjacent to an activating group) is 1. The summed E-state index contributed by atoms with van der Waals surface area (Å²) in [5, 5.41) is 18.9. The third-order valence-corrected chi connectivity index (χ3v) is 5.13. The van der Waals surface area contributed by atoms with Crippen LogP contribution in [0.1, 0.15) is 39.4 Å². The van der Waals surface area contributed by atoms with Crippen LogP contribution in [0.25, 0.3) is 0 Å². The van der Waals surface area contributed by atoms with E-state index in [1.165, 1.54) is 9.58 Å². The molecule has 8 nitrogen and oxygen atoms in total. The number of fused-ring (bicyclic) bond motifs is 1. The molecule has 0 saturated heterocycles. The van der Waals surface area contributed by atoms with Gasteiger partial charge < -0.3 is 10.0 Å². The molecule has 4 rings (SSSR count). The van der Waals surface area contributed by atoms with Crippen molar-refractivity contribution >= 4 is 5.91 Å². The molecule has 30 heavy (non-hydrogen) atoms. The van der Waals surface area contributed by atoms with Crippen LogP contribution in [0, 0.1) is 24.7 Å². The first-order valence-electron chi connectivity index (χ1n) is 9.09. The molecule has 0 radical (unpaired) electrons. The highest BCUT2D eigenvalue weighted by Crippen LogP contribution is 2.35. The molecule has 0 bridgehead atoms. The number of amides is 1. The van der Waals surface area contributed by atoms with Crippen LogP contribution >= 0.6 is 0 Å². The van der Waals surface area contributed by atoms with Gasteiger partial charge in [-0.05, 0) is 11.5 Å². The van der Waals surface area contributed by atoms with E-state index in [4.69, 9.17) is 12.8 Å². The maximum atomic E-state index is 12.7. The number of benzene rings is 1. The molecule has 2 aromatic heterocycles. The molecule has 0 fully saturated rings. The summed E-state index contributed by atoms with van der Waals surface area (Å²) >= 11 is 0. The van der Waals surface area contributed by atoms with Crippen molar-refractivity contribution < 1.29 is 9.90 Å². The summed E-state index contributed by atoms with van der Waals surface area (Å²) in [6.07, 6.45) is 13.8. The van der Waals surface area contributed by atoms with Crippen LogP contribution in [0.5, 0.6) is 5.75 Å². The SMILES string of the molecule is C#Cc1cn([C@@H](c2ccccc2)[C@H]2CN(C)C(=O)c3c(O)c(=O)cnn32)nc1C#C. The van der Waals surface area contributed by atoms with Gasteiger partial charge >= 0.3 is 0 Å². The van der Waals surface area contributed by atoms with Gasteiger partial charge in [-0.2, -0.15) is 10.2 Å². The third-order valence-electron chi connectivity index (χ3n) is 5.13. The Morgan fingerprint density at radius 3 is 2.57 bits per heavy atom. The number of nitrogens with zero attached hydrogens (tertiary/aromatic N) is 5. The number of aromatic nitrogens is 4. The van der Waals surface area contributed by atoms with Gasteiger partial charge in [-0.3, -0.25) is 14.3 Å². The fourth-order valence-corrected chi connectivity index (χ4v) is 3.71. The highest BCUT2D eigenvalue weighted by Gasteiger charge is 2.39. The summed E-state index contributed by atoms with van der Waals surface area (Å²) in [5.41, 5.74) is 0.780. The third kappa shape index (κ3) is 2.92. The van der Waals surface area contributed by atoms with Crippen molar-refractivity contribution in [3.8, 4) is 30.4 Å². The summed E-state index contributed by atoms with van der Waals surface area (Å²) in [5.74, 6) is 3.90. The minimum absolute atomic E-state index is 0.163. The Balaban J connectivity index is 1.97. The standard InChI is InChI=1S/C22H17N5O3/c1-4-14-12-26(24-16(14)5-2)19(15-9-7-6-8-10-15)17-13-25(3)22(30)20-21(29)18(28)11-23-27(17)20/h1-2,6-12,17,19,29H,13H2,3H3/t17-,19+/m1/s1. The van der Waals surface area contributed by atoms with Crippen LogP contribution in [0.3, 0.4) is 0 Å². The Morgan fingerprint density at radius 2 is 1.93 bits per heavy atom. The van der Waals surface area contributed by atoms with Crippen molar-refractivity contribution in [2.75, 3.05) is 13.6 Å². The van der Waals surface area contributed by atoms with E-state index in [1.807, 2.05) is 30.3 Å². The van der Waals surface area contributed by atoms with Crippen molar-refractivity contribution in [1.82, 2.24) is 24.5 Å². The molecule has 0 saturated carbocycles.